The Bertz CT molecular complexity index is 717. The van der Waals surface area contributed by atoms with Crippen molar-refractivity contribution in [2.75, 3.05) is 5.32 Å². The number of non-ortho nitro benzene ring substituents is 1. The molecule has 8 heteroatoms. The predicted molar refractivity (Wildman–Crippen MR) is 75.1 cm³/mol. The van der Waals surface area contributed by atoms with Crippen LogP contribution in [-0.4, -0.2) is 10.8 Å². The van der Waals surface area contributed by atoms with Crippen LogP contribution >= 0.6 is 15.9 Å². The lowest BCUT2D eigenvalue weighted by atomic mass is 10.2. The topological polar surface area (TPSA) is 72.2 Å². The van der Waals surface area contributed by atoms with Gasteiger partial charge in [0.1, 0.15) is 5.82 Å². The molecule has 5 nitrogen and oxygen atoms in total. The Labute approximate surface area is 125 Å². The lowest BCUT2D eigenvalue weighted by Gasteiger charge is -2.08. The highest BCUT2D eigenvalue weighted by Crippen LogP contribution is 2.24. The molecule has 1 N–H and O–H groups in total. The summed E-state index contributed by atoms with van der Waals surface area (Å²) in [6, 6.07) is 6.71. The number of carbonyl (C=O) groups is 1. The summed E-state index contributed by atoms with van der Waals surface area (Å²) in [5.41, 5.74) is -1.01. The van der Waals surface area contributed by atoms with Crippen LogP contribution in [0.4, 0.5) is 20.2 Å². The molecular weight excluding hydrogens is 350 g/mol. The summed E-state index contributed by atoms with van der Waals surface area (Å²) in [6.45, 7) is 0. The summed E-state index contributed by atoms with van der Waals surface area (Å²) in [4.78, 5) is 21.7. The molecule has 0 spiro atoms. The van der Waals surface area contributed by atoms with E-state index in [0.29, 0.717) is 6.07 Å². The predicted octanol–water partition coefficient (Wildman–Crippen LogP) is 3.89. The van der Waals surface area contributed by atoms with Crippen molar-refractivity contribution in [2.45, 2.75) is 0 Å². The highest BCUT2D eigenvalue weighted by molar-refractivity contribution is 9.10. The van der Waals surface area contributed by atoms with Gasteiger partial charge in [-0.3, -0.25) is 14.9 Å². The van der Waals surface area contributed by atoms with E-state index < -0.39 is 28.2 Å². The molecule has 1 amide bonds. The zero-order valence-corrected chi connectivity index (χ0v) is 11.9. The molecule has 2 rings (SSSR count). The van der Waals surface area contributed by atoms with Crippen molar-refractivity contribution in [3.8, 4) is 0 Å². The van der Waals surface area contributed by atoms with Gasteiger partial charge in [-0.25, -0.2) is 8.78 Å². The Balaban J connectivity index is 2.30. The van der Waals surface area contributed by atoms with Crippen LogP contribution in [0.15, 0.2) is 40.9 Å². The Morgan fingerprint density at radius 3 is 2.48 bits per heavy atom. The Morgan fingerprint density at radius 1 is 1.19 bits per heavy atom. The molecule has 0 fully saturated rings. The number of hydrogen-bond donors (Lipinski definition) is 1. The van der Waals surface area contributed by atoms with Crippen LogP contribution in [0.2, 0.25) is 0 Å². The minimum Gasteiger partial charge on any atom is -0.319 e. The Kier molecular flexibility index (Phi) is 4.27. The fourth-order valence-corrected chi connectivity index (χ4v) is 2.14. The first-order valence-electron chi connectivity index (χ1n) is 5.59. The monoisotopic (exact) mass is 356 g/mol. The zero-order valence-electron chi connectivity index (χ0n) is 10.3. The maximum Gasteiger partial charge on any atom is 0.272 e. The van der Waals surface area contributed by atoms with Gasteiger partial charge in [-0.05, 0) is 34.1 Å². The average molecular weight is 357 g/mol. The second-order valence-electron chi connectivity index (χ2n) is 3.97. The van der Waals surface area contributed by atoms with Gasteiger partial charge in [0.2, 0.25) is 0 Å². The summed E-state index contributed by atoms with van der Waals surface area (Å²) in [6.07, 6.45) is 0. The SMILES string of the molecule is O=C(Nc1ccc([N+](=O)[O-])cc1F)c1c(F)cccc1Br. The maximum atomic E-state index is 13.7. The third-order valence-corrected chi connectivity index (χ3v) is 3.26. The van der Waals surface area contributed by atoms with Gasteiger partial charge in [0.25, 0.3) is 11.6 Å². The molecule has 0 aliphatic rings. The largest absolute Gasteiger partial charge is 0.319 e. The minimum absolute atomic E-state index is 0.210. The molecule has 2 aromatic rings. The number of nitrogens with zero attached hydrogens (tertiary/aromatic N) is 1. The standard InChI is InChI=1S/C13H7BrF2N2O3/c14-8-2-1-3-9(15)12(8)13(19)17-11-5-4-7(18(20)21)6-10(11)16/h1-6H,(H,17,19). The highest BCUT2D eigenvalue weighted by Gasteiger charge is 2.18. The number of rotatable bonds is 3. The number of halogens is 3. The number of nitrogens with one attached hydrogen (secondary N) is 1. The Morgan fingerprint density at radius 2 is 1.90 bits per heavy atom. The number of nitro benzene ring substituents is 1. The summed E-state index contributed by atoms with van der Waals surface area (Å²) in [7, 11) is 0. The third-order valence-electron chi connectivity index (χ3n) is 2.60. The fourth-order valence-electron chi connectivity index (χ4n) is 1.62. The molecule has 108 valence electrons. The zero-order chi connectivity index (χ0) is 15.6. The summed E-state index contributed by atoms with van der Waals surface area (Å²) in [5.74, 6) is -2.62. The van der Waals surface area contributed by atoms with Gasteiger partial charge in [-0.15, -0.1) is 0 Å². The van der Waals surface area contributed by atoms with Gasteiger partial charge >= 0.3 is 0 Å². The van der Waals surface area contributed by atoms with Crippen molar-refractivity contribution >= 4 is 33.2 Å². The van der Waals surface area contributed by atoms with Crippen LogP contribution in [0, 0.1) is 21.7 Å². The molecule has 0 unspecified atom stereocenters. The minimum atomic E-state index is -0.981. The number of hydrogen-bond acceptors (Lipinski definition) is 3. The van der Waals surface area contributed by atoms with E-state index in [1.54, 1.807) is 0 Å². The van der Waals surface area contributed by atoms with E-state index in [1.807, 2.05) is 0 Å². The van der Waals surface area contributed by atoms with Crippen LogP contribution in [0.25, 0.3) is 0 Å². The number of nitro groups is 1. The molecule has 2 aromatic carbocycles. The second kappa shape index (κ2) is 5.96. The number of anilines is 1. The lowest BCUT2D eigenvalue weighted by molar-refractivity contribution is -0.385. The molecule has 0 bridgehead atoms. The van der Waals surface area contributed by atoms with E-state index in [-0.39, 0.29) is 15.7 Å². The molecule has 0 saturated heterocycles. The average Bonchev–Trinajstić information content (AvgIpc) is 2.40. The molecule has 0 aromatic heterocycles. The first-order valence-corrected chi connectivity index (χ1v) is 6.38. The van der Waals surface area contributed by atoms with E-state index in [9.17, 15) is 23.7 Å². The fraction of sp³-hybridized carbons (Fsp3) is 0. The molecule has 0 aliphatic heterocycles. The van der Waals surface area contributed by atoms with Gasteiger partial charge in [-0.1, -0.05) is 6.07 Å². The van der Waals surface area contributed by atoms with Crippen molar-refractivity contribution in [3.63, 3.8) is 0 Å². The van der Waals surface area contributed by atoms with Crippen molar-refractivity contribution < 1.29 is 18.5 Å². The van der Waals surface area contributed by atoms with Crippen molar-refractivity contribution in [3.05, 3.63) is 68.2 Å². The number of carbonyl (C=O) groups excluding carboxylic acids is 1. The molecule has 0 atom stereocenters. The van der Waals surface area contributed by atoms with E-state index in [0.717, 1.165) is 18.2 Å². The van der Waals surface area contributed by atoms with Crippen LogP contribution in [0.1, 0.15) is 10.4 Å². The smallest absolute Gasteiger partial charge is 0.272 e. The van der Waals surface area contributed by atoms with Crippen LogP contribution in [-0.2, 0) is 0 Å². The normalized spacial score (nSPS) is 10.2. The van der Waals surface area contributed by atoms with E-state index in [4.69, 9.17) is 0 Å². The summed E-state index contributed by atoms with van der Waals surface area (Å²) < 4.78 is 27.5. The molecule has 0 heterocycles. The van der Waals surface area contributed by atoms with E-state index >= 15 is 0 Å². The Hall–Kier alpha value is -2.35. The number of amides is 1. The first kappa shape index (κ1) is 15.0. The maximum absolute atomic E-state index is 13.7. The summed E-state index contributed by atoms with van der Waals surface area (Å²) in [5, 5.41) is 12.7. The first-order chi connectivity index (χ1) is 9.90. The second-order valence-corrected chi connectivity index (χ2v) is 4.83. The van der Waals surface area contributed by atoms with Gasteiger partial charge in [0.15, 0.2) is 5.82 Å². The van der Waals surface area contributed by atoms with Crippen LogP contribution < -0.4 is 5.32 Å². The molecular formula is C13H7BrF2N2O3. The molecule has 0 saturated carbocycles. The lowest BCUT2D eigenvalue weighted by Crippen LogP contribution is -2.15. The van der Waals surface area contributed by atoms with Gasteiger partial charge in [-0.2, -0.15) is 0 Å². The summed E-state index contributed by atoms with van der Waals surface area (Å²) >= 11 is 3.03. The number of benzene rings is 2. The van der Waals surface area contributed by atoms with E-state index in [2.05, 4.69) is 21.2 Å². The quantitative estimate of drug-likeness (QED) is 0.669. The van der Waals surface area contributed by atoms with Crippen molar-refractivity contribution in [1.82, 2.24) is 0 Å². The van der Waals surface area contributed by atoms with Gasteiger partial charge in [0, 0.05) is 10.5 Å². The molecule has 21 heavy (non-hydrogen) atoms. The molecule has 0 radical (unpaired) electrons. The van der Waals surface area contributed by atoms with E-state index in [1.165, 1.54) is 12.1 Å². The van der Waals surface area contributed by atoms with Crippen molar-refractivity contribution in [1.29, 1.82) is 0 Å². The van der Waals surface area contributed by atoms with Crippen LogP contribution in [0.3, 0.4) is 0 Å². The van der Waals surface area contributed by atoms with Gasteiger partial charge in [0.05, 0.1) is 22.2 Å². The van der Waals surface area contributed by atoms with Crippen molar-refractivity contribution in [2.24, 2.45) is 0 Å². The van der Waals surface area contributed by atoms with Crippen LogP contribution in [0.5, 0.6) is 0 Å². The van der Waals surface area contributed by atoms with Gasteiger partial charge < -0.3 is 5.32 Å². The third kappa shape index (κ3) is 3.22. The highest BCUT2D eigenvalue weighted by atomic mass is 79.9. The molecule has 0 aliphatic carbocycles.